The van der Waals surface area contributed by atoms with Crippen molar-refractivity contribution < 1.29 is 29.0 Å². The molecule has 8 heteroatoms. The molecule has 1 saturated heterocycles. The van der Waals surface area contributed by atoms with Gasteiger partial charge in [-0.1, -0.05) is 62.4 Å². The van der Waals surface area contributed by atoms with Crippen LogP contribution in [0.25, 0.3) is 11.1 Å². The molecule has 2 aliphatic rings. The lowest BCUT2D eigenvalue weighted by Gasteiger charge is -2.36. The van der Waals surface area contributed by atoms with E-state index in [0.717, 1.165) is 22.3 Å². The Balaban J connectivity index is 1.44. The van der Waals surface area contributed by atoms with E-state index in [0.29, 0.717) is 0 Å². The zero-order chi connectivity index (χ0) is 23.5. The zero-order valence-electron chi connectivity index (χ0n) is 18.7. The Bertz CT molecular complexity index is 1010. The monoisotopic (exact) mass is 452 g/mol. The number of amides is 2. The van der Waals surface area contributed by atoms with E-state index < -0.39 is 30.1 Å². The number of benzene rings is 2. The van der Waals surface area contributed by atoms with Crippen molar-refractivity contribution in [3.63, 3.8) is 0 Å². The van der Waals surface area contributed by atoms with Crippen molar-refractivity contribution in [2.24, 2.45) is 5.92 Å². The molecule has 2 unspecified atom stereocenters. The second-order valence-electron chi connectivity index (χ2n) is 8.65. The summed E-state index contributed by atoms with van der Waals surface area (Å²) in [4.78, 5) is 38.6. The highest BCUT2D eigenvalue weighted by atomic mass is 16.5. The van der Waals surface area contributed by atoms with Crippen LogP contribution in [0.4, 0.5) is 4.79 Å². The molecular formula is C25H28N2O6. The molecule has 8 nitrogen and oxygen atoms in total. The van der Waals surface area contributed by atoms with Gasteiger partial charge in [0, 0.05) is 12.5 Å². The fraction of sp³-hybridized carbons (Fsp3) is 0.400. The first-order valence-electron chi connectivity index (χ1n) is 11.1. The van der Waals surface area contributed by atoms with Gasteiger partial charge in [0.25, 0.3) is 0 Å². The highest BCUT2D eigenvalue weighted by molar-refractivity contribution is 5.89. The van der Waals surface area contributed by atoms with Crippen molar-refractivity contribution >= 4 is 18.0 Å². The number of rotatable bonds is 6. The van der Waals surface area contributed by atoms with Gasteiger partial charge in [0.05, 0.1) is 13.2 Å². The number of hydrogen-bond donors (Lipinski definition) is 2. The minimum absolute atomic E-state index is 0.0726. The number of nitrogens with one attached hydrogen (secondary N) is 1. The van der Waals surface area contributed by atoms with Gasteiger partial charge in [-0.3, -0.25) is 4.79 Å². The standard InChI is InChI=1S/C25H28N2O6/c1-15(2)22(23(28)27-11-12-32-14-21(27)24(29)30)26-25(31)33-13-20-18-9-5-3-7-16(18)17-8-4-6-10-19(17)20/h3-10,15,20-22H,11-14H2,1-2H3,(H,26,31)(H,29,30). The molecule has 0 radical (unpaired) electrons. The van der Waals surface area contributed by atoms with Crippen LogP contribution in [0, 0.1) is 5.92 Å². The number of morpholine rings is 1. The van der Waals surface area contributed by atoms with Crippen LogP contribution in [0.1, 0.15) is 30.9 Å². The maximum absolute atomic E-state index is 13.1. The molecule has 1 aliphatic heterocycles. The third-order valence-corrected chi connectivity index (χ3v) is 6.25. The smallest absolute Gasteiger partial charge is 0.407 e. The van der Waals surface area contributed by atoms with Gasteiger partial charge in [0.1, 0.15) is 12.6 Å². The van der Waals surface area contributed by atoms with E-state index in [4.69, 9.17) is 9.47 Å². The summed E-state index contributed by atoms with van der Waals surface area (Å²) in [6.07, 6.45) is -0.705. The molecule has 33 heavy (non-hydrogen) atoms. The molecule has 0 bridgehead atoms. The maximum atomic E-state index is 13.1. The number of carboxylic acid groups (broad SMARTS) is 1. The van der Waals surface area contributed by atoms with Gasteiger partial charge in [-0.05, 0) is 28.2 Å². The number of hydrogen-bond acceptors (Lipinski definition) is 5. The molecule has 2 aromatic carbocycles. The summed E-state index contributed by atoms with van der Waals surface area (Å²) in [7, 11) is 0. The number of carbonyl (C=O) groups excluding carboxylic acids is 2. The van der Waals surface area contributed by atoms with E-state index in [1.165, 1.54) is 4.90 Å². The first-order chi connectivity index (χ1) is 15.9. The van der Waals surface area contributed by atoms with Crippen molar-refractivity contribution in [3.8, 4) is 11.1 Å². The summed E-state index contributed by atoms with van der Waals surface area (Å²) >= 11 is 0. The molecule has 1 heterocycles. The predicted octanol–water partition coefficient (Wildman–Crippen LogP) is 2.86. The fourth-order valence-corrected chi connectivity index (χ4v) is 4.53. The fourth-order valence-electron chi connectivity index (χ4n) is 4.53. The Kier molecular flexibility index (Phi) is 6.65. The van der Waals surface area contributed by atoms with Crippen LogP contribution in [0.3, 0.4) is 0 Å². The number of fused-ring (bicyclic) bond motifs is 3. The maximum Gasteiger partial charge on any atom is 0.407 e. The Labute approximate surface area is 192 Å². The molecule has 0 saturated carbocycles. The number of aliphatic carboxylic acids is 1. The van der Waals surface area contributed by atoms with E-state index in [1.807, 2.05) is 36.4 Å². The van der Waals surface area contributed by atoms with Gasteiger partial charge in [-0.2, -0.15) is 0 Å². The number of nitrogens with zero attached hydrogens (tertiary/aromatic N) is 1. The van der Waals surface area contributed by atoms with Gasteiger partial charge >= 0.3 is 12.1 Å². The average molecular weight is 453 g/mol. The summed E-state index contributed by atoms with van der Waals surface area (Å²) in [6.45, 7) is 4.06. The lowest BCUT2D eigenvalue weighted by Crippen LogP contribution is -2.59. The minimum Gasteiger partial charge on any atom is -0.480 e. The molecule has 1 fully saturated rings. The topological polar surface area (TPSA) is 105 Å². The number of carbonyl (C=O) groups is 3. The number of alkyl carbamates (subject to hydrolysis) is 1. The van der Waals surface area contributed by atoms with Crippen molar-refractivity contribution in [2.75, 3.05) is 26.4 Å². The minimum atomic E-state index is -1.13. The van der Waals surface area contributed by atoms with Crippen molar-refractivity contribution in [1.82, 2.24) is 10.2 Å². The Hall–Kier alpha value is -3.39. The molecule has 0 aromatic heterocycles. The molecule has 4 rings (SSSR count). The molecule has 2 N–H and O–H groups in total. The lowest BCUT2D eigenvalue weighted by molar-refractivity contribution is -0.159. The molecular weight excluding hydrogens is 424 g/mol. The average Bonchev–Trinajstić information content (AvgIpc) is 3.14. The normalized spacial score (nSPS) is 18.4. The van der Waals surface area contributed by atoms with E-state index >= 15 is 0 Å². The summed E-state index contributed by atoms with van der Waals surface area (Å²) < 4.78 is 10.8. The molecule has 2 aromatic rings. The van der Waals surface area contributed by atoms with Gasteiger partial charge < -0.3 is 24.8 Å². The van der Waals surface area contributed by atoms with Crippen LogP contribution in [0.15, 0.2) is 48.5 Å². The second kappa shape index (κ2) is 9.62. The van der Waals surface area contributed by atoms with Crippen LogP contribution >= 0.6 is 0 Å². The van der Waals surface area contributed by atoms with Gasteiger partial charge in [-0.25, -0.2) is 9.59 Å². The van der Waals surface area contributed by atoms with E-state index in [1.54, 1.807) is 13.8 Å². The molecule has 0 spiro atoms. The van der Waals surface area contributed by atoms with Crippen LogP contribution < -0.4 is 5.32 Å². The molecule has 174 valence electrons. The largest absolute Gasteiger partial charge is 0.480 e. The van der Waals surface area contributed by atoms with Crippen LogP contribution in [-0.4, -0.2) is 66.4 Å². The Morgan fingerprint density at radius 2 is 1.70 bits per heavy atom. The third kappa shape index (κ3) is 4.57. The third-order valence-electron chi connectivity index (χ3n) is 6.25. The summed E-state index contributed by atoms with van der Waals surface area (Å²) in [5.74, 6) is -1.93. The Morgan fingerprint density at radius 3 is 2.27 bits per heavy atom. The predicted molar refractivity (Wildman–Crippen MR) is 121 cm³/mol. The van der Waals surface area contributed by atoms with Crippen molar-refractivity contribution in [2.45, 2.75) is 31.8 Å². The van der Waals surface area contributed by atoms with Crippen LogP contribution in [0.2, 0.25) is 0 Å². The lowest BCUT2D eigenvalue weighted by atomic mass is 9.98. The number of ether oxygens (including phenoxy) is 2. The van der Waals surface area contributed by atoms with Crippen LogP contribution in [-0.2, 0) is 19.1 Å². The molecule has 1 aliphatic carbocycles. The van der Waals surface area contributed by atoms with E-state index in [9.17, 15) is 19.5 Å². The zero-order valence-corrected chi connectivity index (χ0v) is 18.7. The van der Waals surface area contributed by atoms with Gasteiger partial charge in [0.2, 0.25) is 5.91 Å². The first kappa shape index (κ1) is 22.8. The Morgan fingerprint density at radius 1 is 1.09 bits per heavy atom. The summed E-state index contributed by atoms with van der Waals surface area (Å²) in [5, 5.41) is 12.1. The highest BCUT2D eigenvalue weighted by Crippen LogP contribution is 2.44. The summed E-state index contributed by atoms with van der Waals surface area (Å²) in [6, 6.07) is 14.1. The SMILES string of the molecule is CC(C)C(NC(=O)OCC1c2ccccc2-c2ccccc21)C(=O)N1CCOCC1C(=O)O. The van der Waals surface area contributed by atoms with E-state index in [2.05, 4.69) is 17.4 Å². The quantitative estimate of drug-likeness (QED) is 0.698. The van der Waals surface area contributed by atoms with Crippen LogP contribution in [0.5, 0.6) is 0 Å². The number of carboxylic acids is 1. The van der Waals surface area contributed by atoms with Gasteiger partial charge in [0.15, 0.2) is 6.04 Å². The highest BCUT2D eigenvalue weighted by Gasteiger charge is 2.38. The van der Waals surface area contributed by atoms with Gasteiger partial charge in [-0.15, -0.1) is 0 Å². The summed E-state index contributed by atoms with van der Waals surface area (Å²) in [5.41, 5.74) is 4.45. The van der Waals surface area contributed by atoms with Crippen molar-refractivity contribution in [3.05, 3.63) is 59.7 Å². The van der Waals surface area contributed by atoms with Crippen molar-refractivity contribution in [1.29, 1.82) is 0 Å². The molecule has 2 atom stereocenters. The molecule has 2 amide bonds. The second-order valence-corrected chi connectivity index (χ2v) is 8.65. The van der Waals surface area contributed by atoms with E-state index in [-0.39, 0.29) is 38.2 Å². The first-order valence-corrected chi connectivity index (χ1v) is 11.1.